The van der Waals surface area contributed by atoms with E-state index in [9.17, 15) is 9.59 Å². The molecular formula is C23H24ClN5O2S. The summed E-state index contributed by atoms with van der Waals surface area (Å²) in [5, 5.41) is 10.9. The standard InChI is InChI=1S/C23H24ClN5O2S/c24-17-7-4-8-19(13-17)26-22(31)28-23-27-20(15-32-23)21(30)25-18-9-11-29(12-10-18)14-16-5-2-1-3-6-16/h1-8,13,15,18H,9-12,14H2,(H,25,30)(H2,26,27,28,31). The number of halogens is 1. The minimum atomic E-state index is -0.445. The maximum Gasteiger partial charge on any atom is 0.325 e. The number of aromatic nitrogens is 1. The molecule has 0 spiro atoms. The van der Waals surface area contributed by atoms with Crippen molar-refractivity contribution < 1.29 is 9.59 Å². The van der Waals surface area contributed by atoms with Crippen LogP contribution in [0.15, 0.2) is 60.0 Å². The van der Waals surface area contributed by atoms with Gasteiger partial charge in [0, 0.05) is 41.8 Å². The highest BCUT2D eigenvalue weighted by atomic mass is 35.5. The Hall–Kier alpha value is -2.94. The van der Waals surface area contributed by atoms with Gasteiger partial charge in [0.1, 0.15) is 5.69 Å². The quantitative estimate of drug-likeness (QED) is 0.482. The van der Waals surface area contributed by atoms with Crippen molar-refractivity contribution in [1.29, 1.82) is 0 Å². The molecule has 0 aliphatic carbocycles. The van der Waals surface area contributed by atoms with Gasteiger partial charge in [-0.25, -0.2) is 9.78 Å². The molecule has 1 aliphatic heterocycles. The molecule has 4 rings (SSSR count). The number of piperidine rings is 1. The Kier molecular flexibility index (Phi) is 7.36. The van der Waals surface area contributed by atoms with Crippen molar-refractivity contribution in [3.63, 3.8) is 0 Å². The second-order valence-electron chi connectivity index (χ2n) is 7.64. The van der Waals surface area contributed by atoms with E-state index >= 15 is 0 Å². The number of benzene rings is 2. The van der Waals surface area contributed by atoms with Crippen molar-refractivity contribution in [2.24, 2.45) is 0 Å². The average Bonchev–Trinajstić information content (AvgIpc) is 3.24. The number of carbonyl (C=O) groups is 2. The predicted octanol–water partition coefficient (Wildman–Crippen LogP) is 4.83. The third-order valence-corrected chi connectivity index (χ3v) is 6.20. The Labute approximate surface area is 195 Å². The summed E-state index contributed by atoms with van der Waals surface area (Å²) in [6.45, 7) is 2.81. The number of thiazole rings is 1. The number of rotatable bonds is 6. The van der Waals surface area contributed by atoms with Crippen molar-refractivity contribution in [2.75, 3.05) is 23.7 Å². The molecule has 0 saturated carbocycles. The normalized spacial score (nSPS) is 14.7. The summed E-state index contributed by atoms with van der Waals surface area (Å²) in [6, 6.07) is 16.9. The van der Waals surface area contributed by atoms with E-state index in [4.69, 9.17) is 11.6 Å². The summed E-state index contributed by atoms with van der Waals surface area (Å²) in [5.74, 6) is -0.217. The number of nitrogens with one attached hydrogen (secondary N) is 3. The van der Waals surface area contributed by atoms with Gasteiger partial charge in [0.15, 0.2) is 5.13 Å². The lowest BCUT2D eigenvalue weighted by Crippen LogP contribution is -2.44. The summed E-state index contributed by atoms with van der Waals surface area (Å²) in [7, 11) is 0. The lowest BCUT2D eigenvalue weighted by atomic mass is 10.0. The van der Waals surface area contributed by atoms with Gasteiger partial charge in [-0.3, -0.25) is 15.0 Å². The van der Waals surface area contributed by atoms with E-state index in [-0.39, 0.29) is 11.9 Å². The molecule has 1 saturated heterocycles. The number of hydrogen-bond acceptors (Lipinski definition) is 5. The van der Waals surface area contributed by atoms with Crippen molar-refractivity contribution >= 4 is 45.7 Å². The van der Waals surface area contributed by atoms with Crippen molar-refractivity contribution in [3.05, 3.63) is 76.3 Å². The lowest BCUT2D eigenvalue weighted by molar-refractivity contribution is 0.0904. The number of carbonyl (C=O) groups excluding carboxylic acids is 2. The Morgan fingerprint density at radius 2 is 1.84 bits per heavy atom. The predicted molar refractivity (Wildman–Crippen MR) is 128 cm³/mol. The molecule has 3 N–H and O–H groups in total. The summed E-state index contributed by atoms with van der Waals surface area (Å²) >= 11 is 7.13. The Morgan fingerprint density at radius 3 is 2.59 bits per heavy atom. The van der Waals surface area contributed by atoms with E-state index in [1.165, 1.54) is 16.9 Å². The van der Waals surface area contributed by atoms with Crippen LogP contribution in [0.25, 0.3) is 0 Å². The van der Waals surface area contributed by atoms with Crippen molar-refractivity contribution in [2.45, 2.75) is 25.4 Å². The number of urea groups is 1. The Morgan fingerprint density at radius 1 is 1.06 bits per heavy atom. The first-order valence-corrected chi connectivity index (χ1v) is 11.7. The van der Waals surface area contributed by atoms with E-state index in [1.54, 1.807) is 29.6 Å². The van der Waals surface area contributed by atoms with Crippen LogP contribution in [0.1, 0.15) is 28.9 Å². The smallest absolute Gasteiger partial charge is 0.325 e. The molecule has 1 aromatic heterocycles. The van der Waals surface area contributed by atoms with Gasteiger partial charge in [0.25, 0.3) is 5.91 Å². The highest BCUT2D eigenvalue weighted by molar-refractivity contribution is 7.14. The van der Waals surface area contributed by atoms with Crippen molar-refractivity contribution in [3.8, 4) is 0 Å². The lowest BCUT2D eigenvalue weighted by Gasteiger charge is -2.32. The van der Waals surface area contributed by atoms with Gasteiger partial charge in [-0.05, 0) is 36.6 Å². The molecule has 2 aromatic carbocycles. The molecule has 1 fully saturated rings. The summed E-state index contributed by atoms with van der Waals surface area (Å²) in [5.41, 5.74) is 2.18. The van der Waals surface area contributed by atoms with Crippen LogP contribution in [0.4, 0.5) is 15.6 Å². The van der Waals surface area contributed by atoms with Gasteiger partial charge in [-0.1, -0.05) is 48.0 Å². The van der Waals surface area contributed by atoms with E-state index in [0.29, 0.717) is 21.5 Å². The van der Waals surface area contributed by atoms with Crippen LogP contribution >= 0.6 is 22.9 Å². The molecule has 32 heavy (non-hydrogen) atoms. The minimum absolute atomic E-state index is 0.124. The van der Waals surface area contributed by atoms with Crippen LogP contribution in [0.5, 0.6) is 0 Å². The summed E-state index contributed by atoms with van der Waals surface area (Å²) in [4.78, 5) is 31.4. The summed E-state index contributed by atoms with van der Waals surface area (Å²) < 4.78 is 0. The van der Waals surface area contributed by atoms with Crippen LogP contribution in [0.2, 0.25) is 5.02 Å². The molecule has 9 heteroatoms. The second kappa shape index (κ2) is 10.6. The maximum atomic E-state index is 12.6. The zero-order valence-corrected chi connectivity index (χ0v) is 19.0. The second-order valence-corrected chi connectivity index (χ2v) is 8.93. The monoisotopic (exact) mass is 469 g/mol. The zero-order valence-electron chi connectivity index (χ0n) is 17.4. The molecule has 3 aromatic rings. The van der Waals surface area contributed by atoms with Crippen molar-refractivity contribution in [1.82, 2.24) is 15.2 Å². The number of amides is 3. The van der Waals surface area contributed by atoms with Gasteiger partial charge in [0.2, 0.25) is 0 Å². The molecule has 7 nitrogen and oxygen atoms in total. The number of nitrogens with zero attached hydrogens (tertiary/aromatic N) is 2. The van der Waals surface area contributed by atoms with E-state index in [1.807, 2.05) is 6.07 Å². The SMILES string of the molecule is O=C(Nc1cccc(Cl)c1)Nc1nc(C(=O)NC2CCN(Cc3ccccc3)CC2)cs1. The van der Waals surface area contributed by atoms with Crippen LogP contribution in [-0.4, -0.2) is 41.0 Å². The van der Waals surface area contributed by atoms with Gasteiger partial charge in [0.05, 0.1) is 0 Å². The van der Waals surface area contributed by atoms with Crippen LogP contribution in [-0.2, 0) is 6.54 Å². The molecule has 3 amide bonds. The highest BCUT2D eigenvalue weighted by Gasteiger charge is 2.22. The fourth-order valence-electron chi connectivity index (χ4n) is 3.60. The molecule has 0 unspecified atom stereocenters. The van der Waals surface area contributed by atoms with Crippen LogP contribution < -0.4 is 16.0 Å². The van der Waals surface area contributed by atoms with Gasteiger partial charge in [-0.15, -0.1) is 11.3 Å². The largest absolute Gasteiger partial charge is 0.348 e. The Bertz CT molecular complexity index is 1070. The fourth-order valence-corrected chi connectivity index (χ4v) is 4.47. The topological polar surface area (TPSA) is 86.4 Å². The zero-order chi connectivity index (χ0) is 22.3. The first kappa shape index (κ1) is 22.3. The third kappa shape index (κ3) is 6.29. The van der Waals surface area contributed by atoms with E-state index < -0.39 is 6.03 Å². The highest BCUT2D eigenvalue weighted by Crippen LogP contribution is 2.19. The Balaban J connectivity index is 1.23. The van der Waals surface area contributed by atoms with Gasteiger partial charge in [-0.2, -0.15) is 0 Å². The van der Waals surface area contributed by atoms with E-state index in [2.05, 4.69) is 50.1 Å². The number of hydrogen-bond donors (Lipinski definition) is 3. The third-order valence-electron chi connectivity index (χ3n) is 5.21. The molecule has 0 atom stereocenters. The first-order valence-electron chi connectivity index (χ1n) is 10.4. The molecule has 2 heterocycles. The molecule has 0 radical (unpaired) electrons. The molecular weight excluding hydrogens is 446 g/mol. The van der Waals surface area contributed by atoms with Gasteiger partial charge >= 0.3 is 6.03 Å². The number of likely N-dealkylation sites (tertiary alicyclic amines) is 1. The van der Waals surface area contributed by atoms with E-state index in [0.717, 1.165) is 32.5 Å². The molecule has 1 aliphatic rings. The van der Waals surface area contributed by atoms with Gasteiger partial charge < -0.3 is 10.6 Å². The first-order chi connectivity index (χ1) is 15.5. The molecule has 166 valence electrons. The van der Waals surface area contributed by atoms with Crippen LogP contribution in [0.3, 0.4) is 0 Å². The van der Waals surface area contributed by atoms with Crippen LogP contribution in [0, 0.1) is 0 Å². The fraction of sp³-hybridized carbons (Fsp3) is 0.261. The minimum Gasteiger partial charge on any atom is -0.348 e. The molecule has 0 bridgehead atoms. The average molecular weight is 470 g/mol. The maximum absolute atomic E-state index is 12.6. The summed E-state index contributed by atoms with van der Waals surface area (Å²) in [6.07, 6.45) is 1.80. The number of anilines is 2.